The third-order valence-electron chi connectivity index (χ3n) is 3.92. The first-order valence-corrected chi connectivity index (χ1v) is 7.47. The van der Waals surface area contributed by atoms with Crippen LogP contribution in [0.1, 0.15) is 22.3 Å². The molecular formula is C18H17FN2O2. The Hall–Kier alpha value is -2.69. The molecule has 0 saturated carbocycles. The van der Waals surface area contributed by atoms with E-state index in [0.29, 0.717) is 6.54 Å². The van der Waals surface area contributed by atoms with Crippen molar-refractivity contribution < 1.29 is 14.0 Å². The molecule has 1 saturated heterocycles. The minimum absolute atomic E-state index is 0.00580. The normalized spacial score (nSPS) is 17.4. The van der Waals surface area contributed by atoms with E-state index in [4.69, 9.17) is 0 Å². The molecule has 1 aliphatic rings. The fourth-order valence-electron chi connectivity index (χ4n) is 2.69. The molecule has 0 spiro atoms. The fourth-order valence-corrected chi connectivity index (χ4v) is 2.69. The zero-order valence-electron chi connectivity index (χ0n) is 12.8. The second-order valence-corrected chi connectivity index (χ2v) is 5.69. The maximum Gasteiger partial charge on any atom is 0.254 e. The summed E-state index contributed by atoms with van der Waals surface area (Å²) in [6, 6.07) is 13.1. The summed E-state index contributed by atoms with van der Waals surface area (Å²) >= 11 is 0. The van der Waals surface area contributed by atoms with Crippen LogP contribution < -0.4 is 10.2 Å². The molecule has 3 rings (SSSR count). The van der Waals surface area contributed by atoms with Gasteiger partial charge in [0.25, 0.3) is 5.91 Å². The second-order valence-electron chi connectivity index (χ2n) is 5.69. The first-order valence-electron chi connectivity index (χ1n) is 7.47. The summed E-state index contributed by atoms with van der Waals surface area (Å²) in [6.45, 7) is 2.37. The molecule has 5 heteroatoms. The van der Waals surface area contributed by atoms with E-state index in [1.807, 2.05) is 31.2 Å². The van der Waals surface area contributed by atoms with Gasteiger partial charge in [-0.3, -0.25) is 9.59 Å². The molecule has 4 nitrogen and oxygen atoms in total. The molecule has 1 aliphatic heterocycles. The molecule has 23 heavy (non-hydrogen) atoms. The minimum Gasteiger partial charge on any atom is -0.347 e. The molecule has 1 N–H and O–H groups in total. The maximum absolute atomic E-state index is 13.6. The van der Waals surface area contributed by atoms with E-state index in [-0.39, 0.29) is 23.9 Å². The highest BCUT2D eigenvalue weighted by Crippen LogP contribution is 2.22. The summed E-state index contributed by atoms with van der Waals surface area (Å²) in [5.74, 6) is -1.11. The van der Waals surface area contributed by atoms with Crippen LogP contribution in [-0.2, 0) is 4.79 Å². The Balaban J connectivity index is 1.69. The van der Waals surface area contributed by atoms with Crippen LogP contribution >= 0.6 is 0 Å². The van der Waals surface area contributed by atoms with Crippen molar-refractivity contribution in [2.75, 3.05) is 11.4 Å². The first kappa shape index (κ1) is 15.2. The zero-order valence-corrected chi connectivity index (χ0v) is 12.8. The van der Waals surface area contributed by atoms with Crippen molar-refractivity contribution in [3.05, 3.63) is 65.5 Å². The standard InChI is InChI=1S/C18H17FN2O2/c1-12-6-8-14(9-7-12)21-11-13(10-17(21)22)20-18(23)15-4-2-3-5-16(15)19/h2-9,13H,10-11H2,1H3,(H,20,23)/t13-/m0/s1. The predicted molar refractivity (Wildman–Crippen MR) is 85.8 cm³/mol. The summed E-state index contributed by atoms with van der Waals surface area (Å²) in [5, 5.41) is 2.74. The maximum atomic E-state index is 13.6. The van der Waals surface area contributed by atoms with Gasteiger partial charge in [0.1, 0.15) is 5.82 Å². The van der Waals surface area contributed by atoms with Crippen molar-refractivity contribution in [3.8, 4) is 0 Å². The van der Waals surface area contributed by atoms with Crippen LogP contribution in [0.5, 0.6) is 0 Å². The van der Waals surface area contributed by atoms with Crippen LogP contribution in [0.4, 0.5) is 10.1 Å². The van der Waals surface area contributed by atoms with E-state index in [9.17, 15) is 14.0 Å². The van der Waals surface area contributed by atoms with Gasteiger partial charge in [0.05, 0.1) is 11.6 Å². The average molecular weight is 312 g/mol. The van der Waals surface area contributed by atoms with Gasteiger partial charge in [-0.15, -0.1) is 0 Å². The number of hydrogen-bond donors (Lipinski definition) is 1. The molecule has 1 fully saturated rings. The number of anilines is 1. The Morgan fingerprint density at radius 2 is 1.87 bits per heavy atom. The van der Waals surface area contributed by atoms with Crippen molar-refractivity contribution in [3.63, 3.8) is 0 Å². The summed E-state index contributed by atoms with van der Waals surface area (Å²) in [6.07, 6.45) is 0.216. The quantitative estimate of drug-likeness (QED) is 0.947. The van der Waals surface area contributed by atoms with Crippen molar-refractivity contribution in [1.82, 2.24) is 5.32 Å². The molecule has 0 bridgehead atoms. The lowest BCUT2D eigenvalue weighted by Crippen LogP contribution is -2.37. The number of aryl methyl sites for hydroxylation is 1. The average Bonchev–Trinajstić information content (AvgIpc) is 2.89. The van der Waals surface area contributed by atoms with E-state index < -0.39 is 11.7 Å². The molecule has 2 aromatic rings. The zero-order chi connectivity index (χ0) is 16.4. The van der Waals surface area contributed by atoms with Gasteiger partial charge in [-0.25, -0.2) is 4.39 Å². The Morgan fingerprint density at radius 3 is 2.57 bits per heavy atom. The highest BCUT2D eigenvalue weighted by atomic mass is 19.1. The highest BCUT2D eigenvalue weighted by molar-refractivity contribution is 5.99. The number of carbonyl (C=O) groups is 2. The van der Waals surface area contributed by atoms with Crippen molar-refractivity contribution >= 4 is 17.5 Å². The van der Waals surface area contributed by atoms with Crippen molar-refractivity contribution in [1.29, 1.82) is 0 Å². The number of halogens is 1. The smallest absolute Gasteiger partial charge is 0.254 e. The SMILES string of the molecule is Cc1ccc(N2C[C@@H](NC(=O)c3ccccc3F)CC2=O)cc1. The fraction of sp³-hybridized carbons (Fsp3) is 0.222. The van der Waals surface area contributed by atoms with Crippen molar-refractivity contribution in [2.45, 2.75) is 19.4 Å². The molecule has 0 radical (unpaired) electrons. The van der Waals surface area contributed by atoms with Gasteiger partial charge in [-0.2, -0.15) is 0 Å². The van der Waals surface area contributed by atoms with Gasteiger partial charge in [0, 0.05) is 18.7 Å². The van der Waals surface area contributed by atoms with Crippen molar-refractivity contribution in [2.24, 2.45) is 0 Å². The Kier molecular flexibility index (Phi) is 4.10. The molecule has 2 amide bonds. The van der Waals surface area contributed by atoms with Gasteiger partial charge >= 0.3 is 0 Å². The van der Waals surface area contributed by atoms with E-state index in [1.54, 1.807) is 11.0 Å². The number of nitrogens with zero attached hydrogens (tertiary/aromatic N) is 1. The van der Waals surface area contributed by atoms with Crippen LogP contribution in [-0.4, -0.2) is 24.4 Å². The largest absolute Gasteiger partial charge is 0.347 e. The molecule has 0 unspecified atom stereocenters. The number of carbonyl (C=O) groups excluding carboxylic acids is 2. The molecule has 2 aromatic carbocycles. The Bertz CT molecular complexity index is 743. The topological polar surface area (TPSA) is 49.4 Å². The Morgan fingerprint density at radius 1 is 1.17 bits per heavy atom. The summed E-state index contributed by atoms with van der Waals surface area (Å²) in [4.78, 5) is 25.9. The van der Waals surface area contributed by atoms with Gasteiger partial charge in [-0.1, -0.05) is 29.8 Å². The lowest BCUT2D eigenvalue weighted by atomic mass is 10.1. The highest BCUT2D eigenvalue weighted by Gasteiger charge is 2.32. The Labute approximate surface area is 133 Å². The monoisotopic (exact) mass is 312 g/mol. The lowest BCUT2D eigenvalue weighted by Gasteiger charge is -2.17. The van der Waals surface area contributed by atoms with Gasteiger partial charge in [0.2, 0.25) is 5.91 Å². The van der Waals surface area contributed by atoms with E-state index in [1.165, 1.54) is 18.2 Å². The number of hydrogen-bond acceptors (Lipinski definition) is 2. The van der Waals surface area contributed by atoms with E-state index in [0.717, 1.165) is 11.3 Å². The number of amides is 2. The first-order chi connectivity index (χ1) is 11.0. The predicted octanol–water partition coefficient (Wildman–Crippen LogP) is 2.67. The number of rotatable bonds is 3. The van der Waals surface area contributed by atoms with Gasteiger partial charge in [-0.05, 0) is 31.2 Å². The van der Waals surface area contributed by atoms with Crippen LogP contribution in [0.15, 0.2) is 48.5 Å². The summed E-state index contributed by atoms with van der Waals surface area (Å²) in [7, 11) is 0. The molecule has 1 heterocycles. The third-order valence-corrected chi connectivity index (χ3v) is 3.92. The number of benzene rings is 2. The minimum atomic E-state index is -0.565. The lowest BCUT2D eigenvalue weighted by molar-refractivity contribution is -0.117. The summed E-state index contributed by atoms with van der Waals surface area (Å²) in [5.41, 5.74) is 1.92. The van der Waals surface area contributed by atoms with Crippen LogP contribution in [0.25, 0.3) is 0 Å². The third kappa shape index (κ3) is 3.23. The van der Waals surface area contributed by atoms with Gasteiger partial charge in [0.15, 0.2) is 0 Å². The van der Waals surface area contributed by atoms with Crippen LogP contribution in [0.3, 0.4) is 0 Å². The molecular weight excluding hydrogens is 295 g/mol. The van der Waals surface area contributed by atoms with Crippen LogP contribution in [0, 0.1) is 12.7 Å². The number of nitrogens with one attached hydrogen (secondary N) is 1. The van der Waals surface area contributed by atoms with E-state index in [2.05, 4.69) is 5.32 Å². The molecule has 1 atom stereocenters. The summed E-state index contributed by atoms with van der Waals surface area (Å²) < 4.78 is 13.6. The molecule has 0 aromatic heterocycles. The molecule has 0 aliphatic carbocycles. The van der Waals surface area contributed by atoms with Crippen LogP contribution in [0.2, 0.25) is 0 Å². The molecule has 118 valence electrons. The van der Waals surface area contributed by atoms with E-state index >= 15 is 0 Å². The van der Waals surface area contributed by atoms with Gasteiger partial charge < -0.3 is 10.2 Å². The second kappa shape index (κ2) is 6.20.